The van der Waals surface area contributed by atoms with Crippen LogP contribution in [-0.4, -0.2) is 54.1 Å². The van der Waals surface area contributed by atoms with E-state index in [-0.39, 0.29) is 24.5 Å². The second-order valence-corrected chi connectivity index (χ2v) is 6.94. The van der Waals surface area contributed by atoms with Crippen molar-refractivity contribution in [2.75, 3.05) is 27.4 Å². The fourth-order valence-electron chi connectivity index (χ4n) is 3.11. The molecule has 1 unspecified atom stereocenters. The summed E-state index contributed by atoms with van der Waals surface area (Å²) in [5.74, 6) is -1.13. The predicted molar refractivity (Wildman–Crippen MR) is 106 cm³/mol. The maximum atomic E-state index is 12.8. The molecule has 1 amide bonds. The normalized spacial score (nSPS) is 18.5. The zero-order chi connectivity index (χ0) is 20.3. The smallest absolute Gasteiger partial charge is 0.295 e. The number of carbonyl (C=O) groups excluding carboxylic acids is 2. The molecule has 0 radical (unpaired) electrons. The van der Waals surface area contributed by atoms with Gasteiger partial charge in [-0.3, -0.25) is 14.6 Å². The molecule has 1 aliphatic rings. The summed E-state index contributed by atoms with van der Waals surface area (Å²) in [6.45, 7) is 0.454. The number of likely N-dealkylation sites (tertiary alicyclic amines) is 1. The number of hydrogen-bond acceptors (Lipinski definition) is 6. The maximum absolute atomic E-state index is 12.8. The molecular weight excluding hydrogens is 428 g/mol. The number of Topliss-reactive ketones (excluding diaryl/α,β-unsaturated/α-hetero) is 1. The first-order valence-electron chi connectivity index (χ1n) is 8.51. The van der Waals surface area contributed by atoms with Crippen molar-refractivity contribution in [3.8, 4) is 5.75 Å². The van der Waals surface area contributed by atoms with Crippen molar-refractivity contribution < 1.29 is 24.2 Å². The van der Waals surface area contributed by atoms with Crippen molar-refractivity contribution in [1.82, 2.24) is 9.88 Å². The standard InChI is InChI=1S/C20H19BrN2O5/c1-27-10-9-23-17(14-5-3-4-8-22-14)16(19(25)20(23)26)18(24)12-6-7-15(28-2)13(21)11-12/h3-8,11,17,24H,9-10H2,1-2H3/b18-16-. The van der Waals surface area contributed by atoms with Gasteiger partial charge in [0.2, 0.25) is 0 Å². The van der Waals surface area contributed by atoms with E-state index in [0.29, 0.717) is 21.5 Å². The van der Waals surface area contributed by atoms with Gasteiger partial charge in [0.25, 0.3) is 11.7 Å². The van der Waals surface area contributed by atoms with Gasteiger partial charge in [-0.15, -0.1) is 0 Å². The van der Waals surface area contributed by atoms with Crippen LogP contribution in [0.4, 0.5) is 0 Å². The van der Waals surface area contributed by atoms with Crippen LogP contribution in [0.1, 0.15) is 17.3 Å². The second kappa shape index (κ2) is 8.53. The fourth-order valence-corrected chi connectivity index (χ4v) is 3.66. The minimum Gasteiger partial charge on any atom is -0.507 e. The SMILES string of the molecule is COCCN1C(=O)C(=O)/C(=C(\O)c2ccc(OC)c(Br)c2)C1c1ccccn1. The van der Waals surface area contributed by atoms with E-state index in [4.69, 9.17) is 9.47 Å². The van der Waals surface area contributed by atoms with Crippen molar-refractivity contribution in [2.45, 2.75) is 6.04 Å². The Bertz CT molecular complexity index is 929. The monoisotopic (exact) mass is 446 g/mol. The lowest BCUT2D eigenvalue weighted by Gasteiger charge is -2.24. The minimum atomic E-state index is -0.794. The van der Waals surface area contributed by atoms with Crippen LogP contribution in [0.5, 0.6) is 5.75 Å². The number of pyridine rings is 1. The molecule has 0 aliphatic carbocycles. The summed E-state index contributed by atoms with van der Waals surface area (Å²) in [7, 11) is 3.04. The van der Waals surface area contributed by atoms with Crippen LogP contribution >= 0.6 is 15.9 Å². The summed E-state index contributed by atoms with van der Waals surface area (Å²) in [6.07, 6.45) is 1.58. The highest BCUT2D eigenvalue weighted by Crippen LogP contribution is 2.39. The van der Waals surface area contributed by atoms with Gasteiger partial charge >= 0.3 is 0 Å². The molecule has 1 atom stereocenters. The number of aliphatic hydroxyl groups excluding tert-OH is 1. The van der Waals surface area contributed by atoms with Gasteiger partial charge in [0.15, 0.2) is 0 Å². The molecule has 146 valence electrons. The van der Waals surface area contributed by atoms with Gasteiger partial charge < -0.3 is 19.5 Å². The number of hydrogen-bond donors (Lipinski definition) is 1. The lowest BCUT2D eigenvalue weighted by Crippen LogP contribution is -2.33. The average Bonchev–Trinajstić information content (AvgIpc) is 2.97. The number of methoxy groups -OCH3 is 2. The molecule has 1 aliphatic heterocycles. The average molecular weight is 447 g/mol. The third-order valence-corrected chi connectivity index (χ3v) is 5.09. The Labute approximate surface area is 170 Å². The van der Waals surface area contributed by atoms with Crippen molar-refractivity contribution >= 4 is 33.4 Å². The summed E-state index contributed by atoms with van der Waals surface area (Å²) in [6, 6.07) is 9.35. The lowest BCUT2D eigenvalue weighted by atomic mass is 9.98. The number of benzene rings is 1. The number of rotatable bonds is 6. The van der Waals surface area contributed by atoms with Crippen LogP contribution < -0.4 is 4.74 Å². The fraction of sp³-hybridized carbons (Fsp3) is 0.250. The van der Waals surface area contributed by atoms with Crippen molar-refractivity contribution in [3.63, 3.8) is 0 Å². The van der Waals surface area contributed by atoms with Crippen LogP contribution in [0.2, 0.25) is 0 Å². The Morgan fingerprint density at radius 3 is 2.64 bits per heavy atom. The van der Waals surface area contributed by atoms with Gasteiger partial charge in [-0.2, -0.15) is 0 Å². The number of amides is 1. The van der Waals surface area contributed by atoms with E-state index in [1.165, 1.54) is 19.1 Å². The van der Waals surface area contributed by atoms with E-state index in [9.17, 15) is 14.7 Å². The molecule has 8 heteroatoms. The molecule has 2 heterocycles. The number of ether oxygens (including phenoxy) is 2. The van der Waals surface area contributed by atoms with Crippen molar-refractivity contribution in [3.05, 3.63) is 63.9 Å². The van der Waals surface area contributed by atoms with Crippen molar-refractivity contribution in [1.29, 1.82) is 0 Å². The number of ketones is 1. The van der Waals surface area contributed by atoms with Gasteiger partial charge in [-0.25, -0.2) is 0 Å². The zero-order valence-corrected chi connectivity index (χ0v) is 17.0. The molecule has 1 aromatic carbocycles. The molecule has 1 N–H and O–H groups in total. The van der Waals surface area contributed by atoms with E-state index in [1.807, 2.05) is 0 Å². The maximum Gasteiger partial charge on any atom is 0.295 e. The quantitative estimate of drug-likeness (QED) is 0.416. The highest BCUT2D eigenvalue weighted by atomic mass is 79.9. The summed E-state index contributed by atoms with van der Waals surface area (Å²) in [4.78, 5) is 31.1. The predicted octanol–water partition coefficient (Wildman–Crippen LogP) is 2.92. The third-order valence-electron chi connectivity index (χ3n) is 4.47. The molecule has 0 saturated carbocycles. The molecular formula is C20H19BrN2O5. The van der Waals surface area contributed by atoms with Crippen molar-refractivity contribution in [2.24, 2.45) is 0 Å². The highest BCUT2D eigenvalue weighted by Gasteiger charge is 2.46. The molecule has 1 aromatic heterocycles. The second-order valence-electron chi connectivity index (χ2n) is 6.09. The number of aliphatic hydroxyl groups is 1. The number of halogens is 1. The molecule has 0 bridgehead atoms. The Hall–Kier alpha value is -2.71. The Kier molecular flexibility index (Phi) is 6.11. The van der Waals surface area contributed by atoms with Crippen LogP contribution in [0.3, 0.4) is 0 Å². The van der Waals surface area contributed by atoms with Crippen LogP contribution in [0, 0.1) is 0 Å². The van der Waals surface area contributed by atoms with Gasteiger partial charge in [-0.1, -0.05) is 6.07 Å². The van der Waals surface area contributed by atoms with E-state index < -0.39 is 17.7 Å². The van der Waals surface area contributed by atoms with Crippen LogP contribution in [0.25, 0.3) is 5.76 Å². The molecule has 3 rings (SSSR count). The minimum absolute atomic E-state index is 0.00290. The summed E-state index contributed by atoms with van der Waals surface area (Å²) in [5, 5.41) is 10.9. The van der Waals surface area contributed by atoms with Gasteiger partial charge in [0.05, 0.1) is 29.5 Å². The van der Waals surface area contributed by atoms with Gasteiger partial charge in [0, 0.05) is 25.4 Å². The summed E-state index contributed by atoms with van der Waals surface area (Å²) >= 11 is 3.37. The van der Waals surface area contributed by atoms with E-state index >= 15 is 0 Å². The number of aromatic nitrogens is 1. The Morgan fingerprint density at radius 1 is 1.25 bits per heavy atom. The lowest BCUT2D eigenvalue weighted by molar-refractivity contribution is -0.140. The summed E-state index contributed by atoms with van der Waals surface area (Å²) < 4.78 is 10.9. The van der Waals surface area contributed by atoms with Gasteiger partial charge in [0.1, 0.15) is 17.6 Å². The van der Waals surface area contributed by atoms with Crippen LogP contribution in [-0.2, 0) is 14.3 Å². The third kappa shape index (κ3) is 3.65. The summed E-state index contributed by atoms with van der Waals surface area (Å²) in [5.41, 5.74) is 0.877. The van der Waals surface area contributed by atoms with E-state index in [0.717, 1.165) is 0 Å². The largest absolute Gasteiger partial charge is 0.507 e. The van der Waals surface area contributed by atoms with E-state index in [2.05, 4.69) is 20.9 Å². The zero-order valence-electron chi connectivity index (χ0n) is 15.4. The molecule has 28 heavy (non-hydrogen) atoms. The molecule has 7 nitrogen and oxygen atoms in total. The highest BCUT2D eigenvalue weighted by molar-refractivity contribution is 9.10. The Morgan fingerprint density at radius 2 is 2.04 bits per heavy atom. The number of carbonyl (C=O) groups is 2. The molecule has 2 aromatic rings. The van der Waals surface area contributed by atoms with Gasteiger partial charge in [-0.05, 0) is 46.3 Å². The molecule has 1 fully saturated rings. The first-order valence-corrected chi connectivity index (χ1v) is 9.31. The topological polar surface area (TPSA) is 89.0 Å². The first-order chi connectivity index (χ1) is 13.5. The van der Waals surface area contributed by atoms with E-state index in [1.54, 1.807) is 42.6 Å². The molecule has 1 saturated heterocycles. The Balaban J connectivity index is 2.15. The molecule has 0 spiro atoms. The number of nitrogens with zero attached hydrogens (tertiary/aromatic N) is 2. The first kappa shape index (κ1) is 20.0. The van der Waals surface area contributed by atoms with Crippen LogP contribution in [0.15, 0.2) is 52.6 Å².